The van der Waals surface area contributed by atoms with Crippen molar-refractivity contribution in [3.63, 3.8) is 0 Å². The van der Waals surface area contributed by atoms with E-state index >= 15 is 0 Å². The van der Waals surface area contributed by atoms with Gasteiger partial charge in [0, 0.05) is 19.1 Å². The fraction of sp³-hybridized carbons (Fsp3) is 0.400. The number of aldehydes is 1. The zero-order valence-electron chi connectivity index (χ0n) is 11.5. The normalized spacial score (nSPS) is 21.7. The Bertz CT molecular complexity index is 544. The van der Waals surface area contributed by atoms with Crippen molar-refractivity contribution in [2.24, 2.45) is 0 Å². The van der Waals surface area contributed by atoms with Gasteiger partial charge in [0.1, 0.15) is 0 Å². The Balaban J connectivity index is 2.09. The van der Waals surface area contributed by atoms with Gasteiger partial charge in [-0.1, -0.05) is 24.3 Å². The average molecular weight is 290 g/mol. The highest BCUT2D eigenvalue weighted by Crippen LogP contribution is 2.12. The lowest BCUT2D eigenvalue weighted by Crippen LogP contribution is -2.60. The van der Waals surface area contributed by atoms with Gasteiger partial charge in [-0.2, -0.15) is 0 Å². The molecule has 0 aromatic heterocycles. The Hall–Kier alpha value is -2.05. The van der Waals surface area contributed by atoms with E-state index < -0.39 is 17.8 Å². The number of carbonyl (C=O) groups excluding carboxylic acids is 2. The molecule has 0 aliphatic carbocycles. The van der Waals surface area contributed by atoms with Crippen LogP contribution in [0.25, 0.3) is 0 Å². The maximum atomic E-state index is 11.6. The standard InChI is InChI=1S/C15H18N2O4/c18-9-13(19)15-12(16-4-5-17-15)7-10-2-1-3-11(6-10)8-14(20)21/h1-3,6,9,12,15-17H,4-5,7-8H2,(H,20,21). The topological polar surface area (TPSA) is 95.5 Å². The summed E-state index contributed by atoms with van der Waals surface area (Å²) in [5.41, 5.74) is 1.67. The summed E-state index contributed by atoms with van der Waals surface area (Å²) in [4.78, 5) is 33.1. The van der Waals surface area contributed by atoms with E-state index in [1.54, 1.807) is 12.1 Å². The molecule has 0 spiro atoms. The summed E-state index contributed by atoms with van der Waals surface area (Å²) >= 11 is 0. The molecule has 1 aliphatic heterocycles. The molecule has 1 aliphatic rings. The number of carboxylic acid groups (broad SMARTS) is 1. The third-order valence-electron chi connectivity index (χ3n) is 3.52. The van der Waals surface area contributed by atoms with Crippen LogP contribution in [-0.4, -0.2) is 48.3 Å². The molecule has 0 bridgehead atoms. The van der Waals surface area contributed by atoms with Gasteiger partial charge in [0.25, 0.3) is 0 Å². The number of Topliss-reactive ketones (excluding diaryl/α,β-unsaturated/α-hetero) is 1. The molecule has 1 fully saturated rings. The second-order valence-corrected chi connectivity index (χ2v) is 5.11. The summed E-state index contributed by atoms with van der Waals surface area (Å²) in [7, 11) is 0. The molecule has 2 unspecified atom stereocenters. The molecule has 1 saturated heterocycles. The molecule has 2 rings (SSSR count). The van der Waals surface area contributed by atoms with E-state index in [0.29, 0.717) is 19.3 Å². The summed E-state index contributed by atoms with van der Waals surface area (Å²) in [5, 5.41) is 15.1. The quantitative estimate of drug-likeness (QED) is 0.485. The lowest BCUT2D eigenvalue weighted by atomic mass is 9.94. The van der Waals surface area contributed by atoms with E-state index in [1.807, 2.05) is 12.1 Å². The van der Waals surface area contributed by atoms with E-state index in [-0.39, 0.29) is 12.5 Å². The van der Waals surface area contributed by atoms with Gasteiger partial charge in [-0.15, -0.1) is 0 Å². The van der Waals surface area contributed by atoms with Crippen LogP contribution >= 0.6 is 0 Å². The molecular weight excluding hydrogens is 272 g/mol. The highest BCUT2D eigenvalue weighted by atomic mass is 16.4. The molecule has 3 N–H and O–H groups in total. The maximum Gasteiger partial charge on any atom is 0.307 e. The van der Waals surface area contributed by atoms with Crippen molar-refractivity contribution in [3.8, 4) is 0 Å². The Morgan fingerprint density at radius 1 is 1.24 bits per heavy atom. The third-order valence-corrected chi connectivity index (χ3v) is 3.52. The third kappa shape index (κ3) is 4.21. The van der Waals surface area contributed by atoms with Crippen molar-refractivity contribution in [1.29, 1.82) is 0 Å². The summed E-state index contributed by atoms with van der Waals surface area (Å²) in [6.07, 6.45) is 0.879. The smallest absolute Gasteiger partial charge is 0.307 e. The maximum absolute atomic E-state index is 11.6. The first-order chi connectivity index (χ1) is 10.1. The predicted molar refractivity (Wildman–Crippen MR) is 76.1 cm³/mol. The zero-order chi connectivity index (χ0) is 15.2. The first kappa shape index (κ1) is 15.3. The first-order valence-corrected chi connectivity index (χ1v) is 6.85. The molecule has 1 aromatic rings. The van der Waals surface area contributed by atoms with Crippen molar-refractivity contribution in [2.45, 2.75) is 24.9 Å². The van der Waals surface area contributed by atoms with Gasteiger partial charge in [0.2, 0.25) is 5.78 Å². The lowest BCUT2D eigenvalue weighted by Gasteiger charge is -2.31. The van der Waals surface area contributed by atoms with Gasteiger partial charge < -0.3 is 15.7 Å². The highest BCUT2D eigenvalue weighted by Gasteiger charge is 2.29. The number of carboxylic acids is 1. The number of nitrogens with one attached hydrogen (secondary N) is 2. The van der Waals surface area contributed by atoms with E-state index in [4.69, 9.17) is 5.11 Å². The van der Waals surface area contributed by atoms with Crippen molar-refractivity contribution < 1.29 is 19.5 Å². The van der Waals surface area contributed by atoms with Crippen molar-refractivity contribution in [3.05, 3.63) is 35.4 Å². The number of rotatable bonds is 6. The van der Waals surface area contributed by atoms with Crippen LogP contribution in [0.3, 0.4) is 0 Å². The zero-order valence-corrected chi connectivity index (χ0v) is 11.5. The second-order valence-electron chi connectivity index (χ2n) is 5.11. The summed E-state index contributed by atoms with van der Waals surface area (Å²) in [6.45, 7) is 1.36. The molecule has 0 amide bonds. The Kier molecular flexibility index (Phi) is 5.19. The van der Waals surface area contributed by atoms with Crippen LogP contribution < -0.4 is 10.6 Å². The minimum Gasteiger partial charge on any atom is -0.481 e. The van der Waals surface area contributed by atoms with E-state index in [9.17, 15) is 14.4 Å². The lowest BCUT2D eigenvalue weighted by molar-refractivity contribution is -0.136. The molecule has 6 heteroatoms. The van der Waals surface area contributed by atoms with Gasteiger partial charge in [-0.25, -0.2) is 0 Å². The second kappa shape index (κ2) is 7.10. The average Bonchev–Trinajstić information content (AvgIpc) is 2.47. The number of piperazine rings is 1. The van der Waals surface area contributed by atoms with Crippen LogP contribution in [0.4, 0.5) is 0 Å². The van der Waals surface area contributed by atoms with Crippen LogP contribution in [0.5, 0.6) is 0 Å². The summed E-state index contributed by atoms with van der Waals surface area (Å²) < 4.78 is 0. The Morgan fingerprint density at radius 2 is 1.95 bits per heavy atom. The minimum absolute atomic E-state index is 0.0269. The molecular formula is C15H18N2O4. The first-order valence-electron chi connectivity index (χ1n) is 6.85. The Morgan fingerprint density at radius 3 is 2.67 bits per heavy atom. The largest absolute Gasteiger partial charge is 0.481 e. The fourth-order valence-electron chi connectivity index (χ4n) is 2.60. The van der Waals surface area contributed by atoms with Crippen molar-refractivity contribution >= 4 is 18.0 Å². The van der Waals surface area contributed by atoms with Gasteiger partial charge in [-0.3, -0.25) is 14.4 Å². The van der Waals surface area contributed by atoms with Gasteiger partial charge in [0.05, 0.1) is 12.5 Å². The van der Waals surface area contributed by atoms with Crippen LogP contribution in [0, 0.1) is 0 Å². The van der Waals surface area contributed by atoms with E-state index in [2.05, 4.69) is 10.6 Å². The SMILES string of the molecule is O=CC(=O)C1NCCNC1Cc1cccc(CC(=O)O)c1. The number of hydrogen-bond acceptors (Lipinski definition) is 5. The molecule has 6 nitrogen and oxygen atoms in total. The highest BCUT2D eigenvalue weighted by molar-refractivity contribution is 6.27. The molecule has 0 saturated carbocycles. The fourth-order valence-corrected chi connectivity index (χ4v) is 2.60. The van der Waals surface area contributed by atoms with Crippen LogP contribution in [0.15, 0.2) is 24.3 Å². The van der Waals surface area contributed by atoms with Crippen LogP contribution in [0.1, 0.15) is 11.1 Å². The minimum atomic E-state index is -0.876. The van der Waals surface area contributed by atoms with Gasteiger partial charge >= 0.3 is 5.97 Å². The summed E-state index contributed by atoms with van der Waals surface area (Å²) in [5.74, 6) is -1.34. The number of ketones is 1. The van der Waals surface area contributed by atoms with Crippen LogP contribution in [-0.2, 0) is 27.2 Å². The molecule has 1 heterocycles. The van der Waals surface area contributed by atoms with E-state index in [1.165, 1.54) is 0 Å². The molecule has 21 heavy (non-hydrogen) atoms. The van der Waals surface area contributed by atoms with Gasteiger partial charge in [-0.05, 0) is 17.5 Å². The molecule has 0 radical (unpaired) electrons. The van der Waals surface area contributed by atoms with E-state index in [0.717, 1.165) is 17.7 Å². The number of aliphatic carboxylic acids is 1. The number of benzene rings is 1. The summed E-state index contributed by atoms with van der Waals surface area (Å²) in [6, 6.07) is 6.59. The van der Waals surface area contributed by atoms with Crippen molar-refractivity contribution in [2.75, 3.05) is 13.1 Å². The molecule has 2 atom stereocenters. The number of hydrogen-bond donors (Lipinski definition) is 3. The van der Waals surface area contributed by atoms with Crippen molar-refractivity contribution in [1.82, 2.24) is 10.6 Å². The molecule has 1 aromatic carbocycles. The predicted octanol–water partition coefficient (Wildman–Crippen LogP) is -0.446. The van der Waals surface area contributed by atoms with Crippen LogP contribution in [0.2, 0.25) is 0 Å². The monoisotopic (exact) mass is 290 g/mol. The Labute approximate surface area is 122 Å². The molecule has 112 valence electrons. The number of carbonyl (C=O) groups is 3. The van der Waals surface area contributed by atoms with Gasteiger partial charge in [0.15, 0.2) is 6.29 Å².